The highest BCUT2D eigenvalue weighted by Gasteiger charge is 2.01. The first-order valence-electron chi connectivity index (χ1n) is 3.05. The van der Waals surface area contributed by atoms with Crippen LogP contribution in [0.25, 0.3) is 0 Å². The van der Waals surface area contributed by atoms with Gasteiger partial charge in [-0.1, -0.05) is 6.92 Å². The van der Waals surface area contributed by atoms with Crippen LogP contribution in [0, 0.1) is 0 Å². The van der Waals surface area contributed by atoms with Crippen molar-refractivity contribution < 1.29 is 4.79 Å². The normalized spacial score (nSPS) is 8.78. The number of hydrogen-bond acceptors (Lipinski definition) is 2. The van der Waals surface area contributed by atoms with Crippen LogP contribution in [0.3, 0.4) is 0 Å². The molecule has 2 nitrogen and oxygen atoms in total. The average Bonchev–Trinajstić information content (AvgIpc) is 1.84. The van der Waals surface area contributed by atoms with Crippen molar-refractivity contribution in [1.82, 2.24) is 0 Å². The van der Waals surface area contributed by atoms with E-state index in [4.69, 9.17) is 5.73 Å². The van der Waals surface area contributed by atoms with Gasteiger partial charge in [0.25, 0.3) is 0 Å². The Bertz CT molecular complexity index is 143. The third-order valence-corrected chi connectivity index (χ3v) is 1.16. The summed E-state index contributed by atoms with van der Waals surface area (Å²) in [6.45, 7) is 5.48. The van der Waals surface area contributed by atoms with Gasteiger partial charge < -0.3 is 5.73 Å². The van der Waals surface area contributed by atoms with Gasteiger partial charge in [0.15, 0.2) is 5.78 Å². The van der Waals surface area contributed by atoms with Gasteiger partial charge >= 0.3 is 0 Å². The van der Waals surface area contributed by atoms with Gasteiger partial charge in [-0.25, -0.2) is 0 Å². The molecule has 0 aromatic carbocycles. The number of hydrogen-bond donors (Lipinski definition) is 1. The Hall–Kier alpha value is -0.790. The highest BCUT2D eigenvalue weighted by atomic mass is 16.1. The molecule has 0 unspecified atom stereocenters. The fourth-order valence-electron chi connectivity index (χ4n) is 0.469. The number of ketones is 1. The molecule has 0 aromatic heterocycles. The van der Waals surface area contributed by atoms with E-state index in [1.807, 2.05) is 13.8 Å². The van der Waals surface area contributed by atoms with Crippen LogP contribution >= 0.6 is 0 Å². The zero-order valence-electron chi connectivity index (χ0n) is 6.19. The molecule has 9 heavy (non-hydrogen) atoms. The topological polar surface area (TPSA) is 43.1 Å². The fourth-order valence-corrected chi connectivity index (χ4v) is 0.469. The van der Waals surface area contributed by atoms with Gasteiger partial charge in [0.05, 0.1) is 5.70 Å². The van der Waals surface area contributed by atoms with Crippen molar-refractivity contribution in [1.29, 1.82) is 0 Å². The second-order valence-corrected chi connectivity index (χ2v) is 2.19. The van der Waals surface area contributed by atoms with Crippen LogP contribution in [0.1, 0.15) is 27.2 Å². The number of carbonyl (C=O) groups is 1. The lowest BCUT2D eigenvalue weighted by Crippen LogP contribution is -2.11. The van der Waals surface area contributed by atoms with E-state index in [1.54, 1.807) is 6.92 Å². The summed E-state index contributed by atoms with van der Waals surface area (Å²) in [7, 11) is 0. The van der Waals surface area contributed by atoms with Crippen LogP contribution in [-0.2, 0) is 4.79 Å². The second-order valence-electron chi connectivity index (χ2n) is 2.19. The maximum Gasteiger partial charge on any atom is 0.178 e. The lowest BCUT2D eigenvalue weighted by molar-refractivity contribution is -0.115. The molecule has 0 aliphatic carbocycles. The lowest BCUT2D eigenvalue weighted by atomic mass is 10.1. The molecule has 0 aliphatic rings. The first-order valence-corrected chi connectivity index (χ1v) is 3.05. The molecule has 0 amide bonds. The Kier molecular flexibility index (Phi) is 2.99. The highest BCUT2D eigenvalue weighted by molar-refractivity contribution is 5.94. The molecular weight excluding hydrogens is 114 g/mol. The zero-order valence-corrected chi connectivity index (χ0v) is 6.19. The molecular formula is C7H13NO. The van der Waals surface area contributed by atoms with Crippen molar-refractivity contribution >= 4 is 5.78 Å². The van der Waals surface area contributed by atoms with Crippen molar-refractivity contribution in [3.05, 3.63) is 11.3 Å². The number of nitrogens with two attached hydrogens (primary N) is 1. The smallest absolute Gasteiger partial charge is 0.178 e. The quantitative estimate of drug-likeness (QED) is 0.567. The molecule has 52 valence electrons. The summed E-state index contributed by atoms with van der Waals surface area (Å²) < 4.78 is 0. The molecule has 0 bridgehead atoms. The Morgan fingerprint density at radius 2 is 1.89 bits per heavy atom. The Morgan fingerprint density at radius 3 is 2.00 bits per heavy atom. The van der Waals surface area contributed by atoms with Gasteiger partial charge in [-0.3, -0.25) is 4.79 Å². The highest BCUT2D eigenvalue weighted by Crippen LogP contribution is 1.98. The van der Waals surface area contributed by atoms with Crippen LogP contribution in [0.4, 0.5) is 0 Å². The van der Waals surface area contributed by atoms with E-state index >= 15 is 0 Å². The molecule has 0 aromatic rings. The van der Waals surface area contributed by atoms with Crippen molar-refractivity contribution in [2.75, 3.05) is 0 Å². The molecule has 2 N–H and O–H groups in total. The number of Topliss-reactive ketones (excluding diaryl/α,β-unsaturated/α-hetero) is 1. The van der Waals surface area contributed by atoms with E-state index in [0.717, 1.165) is 5.57 Å². The molecule has 0 heterocycles. The van der Waals surface area contributed by atoms with E-state index in [9.17, 15) is 4.79 Å². The minimum absolute atomic E-state index is 0.0370. The summed E-state index contributed by atoms with van der Waals surface area (Å²) in [6.07, 6.45) is 0.497. The van der Waals surface area contributed by atoms with E-state index in [-0.39, 0.29) is 5.78 Å². The van der Waals surface area contributed by atoms with Crippen LogP contribution in [0.15, 0.2) is 11.3 Å². The summed E-state index contributed by atoms with van der Waals surface area (Å²) in [5.41, 5.74) is 6.72. The van der Waals surface area contributed by atoms with Crippen LogP contribution in [0.5, 0.6) is 0 Å². The third kappa shape index (κ3) is 2.31. The fraction of sp³-hybridized carbons (Fsp3) is 0.571. The summed E-state index contributed by atoms with van der Waals surface area (Å²) in [6, 6.07) is 0. The van der Waals surface area contributed by atoms with E-state index in [1.165, 1.54) is 0 Å². The second kappa shape index (κ2) is 3.28. The standard InChI is InChI=1S/C7H13NO/c1-4-6(9)7(8)5(2)3/h4,8H2,1-3H3. The molecule has 0 saturated heterocycles. The van der Waals surface area contributed by atoms with Crippen molar-refractivity contribution in [3.63, 3.8) is 0 Å². The Morgan fingerprint density at radius 1 is 1.44 bits per heavy atom. The lowest BCUT2D eigenvalue weighted by Gasteiger charge is -1.97. The summed E-state index contributed by atoms with van der Waals surface area (Å²) >= 11 is 0. The van der Waals surface area contributed by atoms with E-state index < -0.39 is 0 Å². The van der Waals surface area contributed by atoms with Gasteiger partial charge in [-0.2, -0.15) is 0 Å². The van der Waals surface area contributed by atoms with Crippen molar-refractivity contribution in [2.24, 2.45) is 5.73 Å². The van der Waals surface area contributed by atoms with Crippen molar-refractivity contribution in [3.8, 4) is 0 Å². The van der Waals surface area contributed by atoms with Gasteiger partial charge in [0.1, 0.15) is 0 Å². The summed E-state index contributed by atoms with van der Waals surface area (Å²) in [4.78, 5) is 10.8. The SMILES string of the molecule is CCC(=O)C(N)=C(C)C. The monoisotopic (exact) mass is 127 g/mol. The minimum atomic E-state index is 0.0370. The average molecular weight is 127 g/mol. The predicted octanol–water partition coefficient (Wildman–Crippen LogP) is 1.22. The molecule has 0 rings (SSSR count). The van der Waals surface area contributed by atoms with E-state index in [2.05, 4.69) is 0 Å². The number of allylic oxidation sites excluding steroid dienone is 2. The molecule has 0 atom stereocenters. The van der Waals surface area contributed by atoms with E-state index in [0.29, 0.717) is 12.1 Å². The molecule has 0 saturated carbocycles. The predicted molar refractivity (Wildman–Crippen MR) is 37.9 cm³/mol. The molecule has 0 aliphatic heterocycles. The number of carbonyl (C=O) groups excluding carboxylic acids is 1. The third-order valence-electron chi connectivity index (χ3n) is 1.16. The summed E-state index contributed by atoms with van der Waals surface area (Å²) in [5.74, 6) is 0.0370. The molecule has 0 fully saturated rings. The molecule has 2 heteroatoms. The molecule has 0 spiro atoms. The maximum atomic E-state index is 10.8. The Balaban J connectivity index is 4.21. The zero-order chi connectivity index (χ0) is 7.44. The first-order chi connectivity index (χ1) is 4.09. The van der Waals surface area contributed by atoms with Crippen LogP contribution < -0.4 is 5.73 Å². The minimum Gasteiger partial charge on any atom is -0.396 e. The molecule has 0 radical (unpaired) electrons. The summed E-state index contributed by atoms with van der Waals surface area (Å²) in [5, 5.41) is 0. The van der Waals surface area contributed by atoms with Crippen LogP contribution in [0.2, 0.25) is 0 Å². The van der Waals surface area contributed by atoms with Gasteiger partial charge in [-0.15, -0.1) is 0 Å². The van der Waals surface area contributed by atoms with Gasteiger partial charge in [0.2, 0.25) is 0 Å². The maximum absolute atomic E-state index is 10.8. The van der Waals surface area contributed by atoms with Gasteiger partial charge in [-0.05, 0) is 19.4 Å². The first kappa shape index (κ1) is 8.21. The Labute approximate surface area is 55.7 Å². The number of rotatable bonds is 2. The van der Waals surface area contributed by atoms with Gasteiger partial charge in [0, 0.05) is 6.42 Å². The van der Waals surface area contributed by atoms with Crippen LogP contribution in [-0.4, -0.2) is 5.78 Å². The van der Waals surface area contributed by atoms with Crippen molar-refractivity contribution in [2.45, 2.75) is 27.2 Å². The largest absolute Gasteiger partial charge is 0.396 e.